The van der Waals surface area contributed by atoms with Gasteiger partial charge in [0.15, 0.2) is 5.82 Å². The van der Waals surface area contributed by atoms with Crippen LogP contribution in [0.2, 0.25) is 0 Å². The highest BCUT2D eigenvalue weighted by atomic mass is 16.5. The van der Waals surface area contributed by atoms with Crippen molar-refractivity contribution in [3.8, 4) is 0 Å². The van der Waals surface area contributed by atoms with Gasteiger partial charge in [-0.15, -0.1) is 0 Å². The Morgan fingerprint density at radius 2 is 2.20 bits per heavy atom. The number of nitrogens with zero attached hydrogens (tertiary/aromatic N) is 3. The second-order valence-corrected chi connectivity index (χ2v) is 7.17. The Morgan fingerprint density at radius 1 is 1.36 bits per heavy atom. The van der Waals surface area contributed by atoms with Crippen molar-refractivity contribution in [2.45, 2.75) is 45.3 Å². The van der Waals surface area contributed by atoms with E-state index in [2.05, 4.69) is 28.2 Å². The topological polar surface area (TPSA) is 71.1 Å². The molecule has 132 valence electrons. The quantitative estimate of drug-likeness (QED) is 0.931. The minimum absolute atomic E-state index is 0.0497. The van der Waals surface area contributed by atoms with Gasteiger partial charge >= 0.3 is 0 Å². The first-order valence-electron chi connectivity index (χ1n) is 8.97. The molecule has 2 aromatic rings. The zero-order valence-electron chi connectivity index (χ0n) is 14.7. The molecule has 2 saturated heterocycles. The normalized spacial score (nSPS) is 25.8. The summed E-state index contributed by atoms with van der Waals surface area (Å²) in [7, 11) is 0. The van der Waals surface area contributed by atoms with Crippen LogP contribution in [0.15, 0.2) is 24.3 Å². The van der Waals surface area contributed by atoms with Gasteiger partial charge in [-0.25, -0.2) is 4.98 Å². The van der Waals surface area contributed by atoms with Crippen molar-refractivity contribution in [1.29, 1.82) is 0 Å². The number of likely N-dealkylation sites (tertiary alicyclic amines) is 1. The van der Waals surface area contributed by atoms with E-state index in [0.717, 1.165) is 36.6 Å². The summed E-state index contributed by atoms with van der Waals surface area (Å²) in [6.45, 7) is 5.44. The molecular formula is C19H24N4O2. The number of aromatic amines is 1. The third kappa shape index (κ3) is 3.31. The molecule has 3 heterocycles. The first-order valence-corrected chi connectivity index (χ1v) is 8.97. The van der Waals surface area contributed by atoms with E-state index in [1.807, 2.05) is 30.0 Å². The zero-order chi connectivity index (χ0) is 17.4. The average molecular weight is 340 g/mol. The van der Waals surface area contributed by atoms with E-state index in [4.69, 9.17) is 4.74 Å². The molecule has 0 unspecified atom stereocenters. The number of amides is 1. The highest BCUT2D eigenvalue weighted by Gasteiger charge is 2.41. The van der Waals surface area contributed by atoms with E-state index in [0.29, 0.717) is 18.9 Å². The first-order chi connectivity index (χ1) is 12.1. The van der Waals surface area contributed by atoms with Crippen LogP contribution in [0.1, 0.15) is 41.7 Å². The number of piperidine rings is 1. The molecule has 2 aliphatic rings. The summed E-state index contributed by atoms with van der Waals surface area (Å²) in [4.78, 5) is 19.1. The minimum atomic E-state index is -0.0497. The molecule has 0 bridgehead atoms. The SMILES string of the molecule is Cc1nc([C@H]2C[C@@H]3CCN(C(=O)Cc4ccccc4C)C[C@H]3O2)n[nH]1. The molecule has 1 aromatic carbocycles. The molecule has 1 aromatic heterocycles. The molecule has 25 heavy (non-hydrogen) atoms. The van der Waals surface area contributed by atoms with Crippen LogP contribution in [0, 0.1) is 19.8 Å². The highest BCUT2D eigenvalue weighted by molar-refractivity contribution is 5.79. The summed E-state index contributed by atoms with van der Waals surface area (Å²) < 4.78 is 6.18. The summed E-state index contributed by atoms with van der Waals surface area (Å²) in [5.74, 6) is 2.23. The van der Waals surface area contributed by atoms with Crippen molar-refractivity contribution in [3.05, 3.63) is 47.0 Å². The van der Waals surface area contributed by atoms with Crippen LogP contribution in [0.5, 0.6) is 0 Å². The molecule has 0 aliphatic carbocycles. The van der Waals surface area contributed by atoms with Crippen molar-refractivity contribution < 1.29 is 9.53 Å². The standard InChI is InChI=1S/C19H24N4O2/c1-12-5-3-4-6-14(12)10-18(24)23-8-7-15-9-16(25-17(15)11-23)19-20-13(2)21-22-19/h3-6,15-17H,7-11H2,1-2H3,(H,20,21,22)/t15-,16+,17+/m0/s1. The van der Waals surface area contributed by atoms with E-state index >= 15 is 0 Å². The van der Waals surface area contributed by atoms with Gasteiger partial charge in [-0.3, -0.25) is 9.89 Å². The van der Waals surface area contributed by atoms with Gasteiger partial charge in [0, 0.05) is 13.1 Å². The van der Waals surface area contributed by atoms with Gasteiger partial charge < -0.3 is 9.64 Å². The molecular weight excluding hydrogens is 316 g/mol. The van der Waals surface area contributed by atoms with Crippen LogP contribution in [0.4, 0.5) is 0 Å². The monoisotopic (exact) mass is 340 g/mol. The summed E-state index contributed by atoms with van der Waals surface area (Å²) in [6, 6.07) is 8.09. The van der Waals surface area contributed by atoms with Crippen molar-refractivity contribution in [2.75, 3.05) is 13.1 Å². The van der Waals surface area contributed by atoms with Crippen molar-refractivity contribution in [1.82, 2.24) is 20.1 Å². The Morgan fingerprint density at radius 3 is 2.96 bits per heavy atom. The number of rotatable bonds is 3. The Balaban J connectivity index is 1.39. The highest BCUT2D eigenvalue weighted by Crippen LogP contribution is 2.39. The van der Waals surface area contributed by atoms with Crippen LogP contribution in [-0.2, 0) is 16.0 Å². The lowest BCUT2D eigenvalue weighted by atomic mass is 9.91. The van der Waals surface area contributed by atoms with Crippen molar-refractivity contribution >= 4 is 5.91 Å². The first kappa shape index (κ1) is 16.3. The summed E-state index contributed by atoms with van der Waals surface area (Å²) >= 11 is 0. The lowest BCUT2D eigenvalue weighted by molar-refractivity contribution is -0.135. The Labute approximate surface area is 147 Å². The van der Waals surface area contributed by atoms with Gasteiger partial charge in [-0.05, 0) is 43.7 Å². The fraction of sp³-hybridized carbons (Fsp3) is 0.526. The smallest absolute Gasteiger partial charge is 0.227 e. The molecule has 3 atom stereocenters. The fourth-order valence-electron chi connectivity index (χ4n) is 3.91. The van der Waals surface area contributed by atoms with Gasteiger partial charge in [0.2, 0.25) is 5.91 Å². The number of carbonyl (C=O) groups is 1. The Bertz CT molecular complexity index is 772. The number of aryl methyl sites for hydroxylation is 2. The molecule has 6 nitrogen and oxygen atoms in total. The Hall–Kier alpha value is -2.21. The molecule has 6 heteroatoms. The summed E-state index contributed by atoms with van der Waals surface area (Å²) in [6.07, 6.45) is 2.45. The van der Waals surface area contributed by atoms with E-state index in [-0.39, 0.29) is 18.1 Å². The largest absolute Gasteiger partial charge is 0.365 e. The third-order valence-corrected chi connectivity index (χ3v) is 5.41. The van der Waals surface area contributed by atoms with E-state index in [9.17, 15) is 4.79 Å². The van der Waals surface area contributed by atoms with Crippen molar-refractivity contribution in [2.24, 2.45) is 5.92 Å². The number of carbonyl (C=O) groups excluding carboxylic acids is 1. The number of aromatic nitrogens is 3. The Kier molecular flexibility index (Phi) is 4.29. The zero-order valence-corrected chi connectivity index (χ0v) is 14.7. The van der Waals surface area contributed by atoms with Crippen LogP contribution >= 0.6 is 0 Å². The van der Waals surface area contributed by atoms with Gasteiger partial charge in [0.05, 0.1) is 12.5 Å². The maximum absolute atomic E-state index is 12.7. The maximum Gasteiger partial charge on any atom is 0.227 e. The summed E-state index contributed by atoms with van der Waals surface area (Å²) in [5, 5.41) is 7.11. The second kappa shape index (κ2) is 6.59. The molecule has 0 saturated carbocycles. The predicted octanol–water partition coefficient (Wildman–Crippen LogP) is 2.34. The van der Waals surface area contributed by atoms with E-state index < -0.39 is 0 Å². The molecule has 0 spiro atoms. The molecule has 2 fully saturated rings. The molecule has 4 rings (SSSR count). The van der Waals surface area contributed by atoms with Gasteiger partial charge in [0.1, 0.15) is 11.9 Å². The average Bonchev–Trinajstić information content (AvgIpc) is 3.22. The van der Waals surface area contributed by atoms with Gasteiger partial charge in [-0.1, -0.05) is 24.3 Å². The van der Waals surface area contributed by atoms with Crippen LogP contribution < -0.4 is 0 Å². The number of nitrogens with one attached hydrogen (secondary N) is 1. The predicted molar refractivity (Wildman–Crippen MR) is 92.9 cm³/mol. The summed E-state index contributed by atoms with van der Waals surface area (Å²) in [5.41, 5.74) is 2.28. The lowest BCUT2D eigenvalue weighted by Crippen LogP contribution is -2.45. The number of hydrogen-bond acceptors (Lipinski definition) is 4. The van der Waals surface area contributed by atoms with Crippen LogP contribution in [0.25, 0.3) is 0 Å². The maximum atomic E-state index is 12.7. The number of ether oxygens (including phenoxy) is 1. The van der Waals surface area contributed by atoms with E-state index in [1.54, 1.807) is 0 Å². The van der Waals surface area contributed by atoms with Crippen LogP contribution in [0.3, 0.4) is 0 Å². The number of hydrogen-bond donors (Lipinski definition) is 1. The van der Waals surface area contributed by atoms with E-state index in [1.165, 1.54) is 5.56 Å². The molecule has 1 amide bonds. The fourth-order valence-corrected chi connectivity index (χ4v) is 3.91. The lowest BCUT2D eigenvalue weighted by Gasteiger charge is -2.34. The molecule has 1 N–H and O–H groups in total. The van der Waals surface area contributed by atoms with Gasteiger partial charge in [-0.2, -0.15) is 5.10 Å². The number of fused-ring (bicyclic) bond motifs is 1. The minimum Gasteiger partial charge on any atom is -0.365 e. The van der Waals surface area contributed by atoms with Crippen LogP contribution in [-0.4, -0.2) is 45.2 Å². The third-order valence-electron chi connectivity index (χ3n) is 5.41. The van der Waals surface area contributed by atoms with Gasteiger partial charge in [0.25, 0.3) is 0 Å². The van der Waals surface area contributed by atoms with Crippen molar-refractivity contribution in [3.63, 3.8) is 0 Å². The number of H-pyrrole nitrogens is 1. The second-order valence-electron chi connectivity index (χ2n) is 7.17. The molecule has 2 aliphatic heterocycles. The molecule has 0 radical (unpaired) electrons. The number of benzene rings is 1.